The van der Waals surface area contributed by atoms with E-state index < -0.39 is 5.97 Å². The van der Waals surface area contributed by atoms with Gasteiger partial charge in [0.1, 0.15) is 16.5 Å². The van der Waals surface area contributed by atoms with Crippen LogP contribution >= 0.6 is 11.3 Å². The summed E-state index contributed by atoms with van der Waals surface area (Å²) in [6, 6.07) is 6.79. The highest BCUT2D eigenvalue weighted by atomic mass is 32.1. The molecule has 1 heterocycles. The third kappa shape index (κ3) is 5.38. The highest BCUT2D eigenvalue weighted by molar-refractivity contribution is 7.18. The molecule has 0 aliphatic heterocycles. The summed E-state index contributed by atoms with van der Waals surface area (Å²) in [5.74, 6) is 0.788. The molecule has 2 rings (SSSR count). The summed E-state index contributed by atoms with van der Waals surface area (Å²) in [4.78, 5) is 23.4. The third-order valence-electron chi connectivity index (χ3n) is 3.37. The molecule has 4 N–H and O–H groups in total. The van der Waals surface area contributed by atoms with Crippen LogP contribution < -0.4 is 20.9 Å². The van der Waals surface area contributed by atoms with E-state index in [4.69, 9.17) is 20.9 Å². The minimum Gasteiger partial charge on any atom is -0.497 e. The van der Waals surface area contributed by atoms with Crippen molar-refractivity contribution < 1.29 is 23.8 Å². The van der Waals surface area contributed by atoms with Gasteiger partial charge in [-0.1, -0.05) is 13.8 Å². The number of carbonyl (C=O) groups excluding carboxylic acids is 2. The lowest BCUT2D eigenvalue weighted by Crippen LogP contribution is -2.05. The minimum absolute atomic E-state index is 0.0122. The molecule has 1 aromatic heterocycles. The van der Waals surface area contributed by atoms with E-state index in [0.717, 1.165) is 17.1 Å². The SMILES string of the molecule is COC(=O)c1cc(C(=O)C(C)C)sc1N.COc1ccc(OC)c(N)c1. The summed E-state index contributed by atoms with van der Waals surface area (Å²) in [7, 11) is 4.46. The van der Waals surface area contributed by atoms with E-state index >= 15 is 0 Å². The van der Waals surface area contributed by atoms with Crippen LogP contribution in [0.4, 0.5) is 10.7 Å². The minimum atomic E-state index is -0.508. The molecule has 0 aliphatic rings. The number of hydrogen-bond donors (Lipinski definition) is 2. The molecular formula is C18H24N2O5S. The van der Waals surface area contributed by atoms with Crippen LogP contribution in [-0.4, -0.2) is 33.1 Å². The molecule has 0 fully saturated rings. The summed E-state index contributed by atoms with van der Waals surface area (Å²) in [5.41, 5.74) is 12.1. The topological polar surface area (TPSA) is 114 Å². The van der Waals surface area contributed by atoms with Gasteiger partial charge in [0, 0.05) is 12.0 Å². The number of nitrogens with two attached hydrogens (primary N) is 2. The Morgan fingerprint density at radius 1 is 1.04 bits per heavy atom. The number of anilines is 2. The molecule has 0 bridgehead atoms. The Morgan fingerprint density at radius 2 is 1.69 bits per heavy atom. The van der Waals surface area contributed by atoms with Gasteiger partial charge < -0.3 is 25.7 Å². The molecule has 0 aliphatic carbocycles. The first-order valence-electron chi connectivity index (χ1n) is 7.74. The van der Waals surface area contributed by atoms with Gasteiger partial charge in [0.05, 0.1) is 37.5 Å². The quantitative estimate of drug-likeness (QED) is 0.465. The lowest BCUT2D eigenvalue weighted by atomic mass is 10.1. The summed E-state index contributed by atoms with van der Waals surface area (Å²) in [6.45, 7) is 3.60. The number of carbonyl (C=O) groups is 2. The molecule has 8 heteroatoms. The van der Waals surface area contributed by atoms with Gasteiger partial charge in [-0.25, -0.2) is 4.79 Å². The third-order valence-corrected chi connectivity index (χ3v) is 4.35. The van der Waals surface area contributed by atoms with Crippen LogP contribution in [0.3, 0.4) is 0 Å². The molecule has 0 amide bonds. The Balaban J connectivity index is 0.000000273. The van der Waals surface area contributed by atoms with E-state index in [9.17, 15) is 9.59 Å². The molecule has 0 unspecified atom stereocenters. The van der Waals surface area contributed by atoms with Crippen molar-refractivity contribution in [2.75, 3.05) is 32.8 Å². The van der Waals surface area contributed by atoms with E-state index in [1.165, 1.54) is 13.2 Å². The number of Topliss-reactive ketones (excluding diaryl/α,β-unsaturated/α-hetero) is 1. The van der Waals surface area contributed by atoms with Gasteiger partial charge in [-0.2, -0.15) is 0 Å². The van der Waals surface area contributed by atoms with Gasteiger partial charge in [0.2, 0.25) is 0 Å². The van der Waals surface area contributed by atoms with E-state index in [0.29, 0.717) is 21.3 Å². The molecule has 1 aromatic carbocycles. The standard InChI is InChI=1S/C10H13NO3S.C8H11NO2/c1-5(2)8(12)7-4-6(9(11)15-7)10(13)14-3;1-10-6-3-4-8(11-2)7(9)5-6/h4-5H,11H2,1-3H3;3-5H,9H2,1-2H3. The molecule has 0 spiro atoms. The van der Waals surface area contributed by atoms with Crippen LogP contribution in [0.1, 0.15) is 33.9 Å². The van der Waals surface area contributed by atoms with E-state index in [2.05, 4.69) is 4.74 Å². The van der Waals surface area contributed by atoms with Crippen LogP contribution in [-0.2, 0) is 4.74 Å². The highest BCUT2D eigenvalue weighted by Crippen LogP contribution is 2.27. The number of thiophene rings is 1. The molecule has 142 valence electrons. The van der Waals surface area contributed by atoms with Crippen LogP contribution in [0.25, 0.3) is 0 Å². The van der Waals surface area contributed by atoms with Crippen molar-refractivity contribution in [3.63, 3.8) is 0 Å². The van der Waals surface area contributed by atoms with Crippen LogP contribution in [0.15, 0.2) is 24.3 Å². The molecule has 7 nitrogen and oxygen atoms in total. The van der Waals surface area contributed by atoms with Gasteiger partial charge in [-0.15, -0.1) is 11.3 Å². The highest BCUT2D eigenvalue weighted by Gasteiger charge is 2.19. The van der Waals surface area contributed by atoms with Crippen LogP contribution in [0, 0.1) is 5.92 Å². The maximum atomic E-state index is 11.6. The van der Waals surface area contributed by atoms with Crippen molar-refractivity contribution in [1.29, 1.82) is 0 Å². The Kier molecular flexibility index (Phi) is 7.92. The predicted octanol–water partition coefficient (Wildman–Crippen LogP) is 3.24. The second-order valence-corrected chi connectivity index (χ2v) is 6.59. The molecule has 0 saturated heterocycles. The number of methoxy groups -OCH3 is 3. The van der Waals surface area contributed by atoms with Crippen molar-refractivity contribution in [3.8, 4) is 11.5 Å². The summed E-state index contributed by atoms with van der Waals surface area (Å²) >= 11 is 1.12. The normalized spacial score (nSPS) is 9.92. The fourth-order valence-corrected chi connectivity index (χ4v) is 2.92. The van der Waals surface area contributed by atoms with Gasteiger partial charge >= 0.3 is 5.97 Å². The van der Waals surface area contributed by atoms with Gasteiger partial charge in [-0.05, 0) is 18.2 Å². The Bertz CT molecular complexity index is 771. The lowest BCUT2D eigenvalue weighted by Gasteiger charge is -2.05. The molecule has 26 heavy (non-hydrogen) atoms. The predicted molar refractivity (Wildman–Crippen MR) is 103 cm³/mol. The molecule has 0 saturated carbocycles. The second-order valence-electron chi connectivity index (χ2n) is 5.51. The first-order chi connectivity index (χ1) is 12.2. The first kappa shape index (κ1) is 21.3. The number of rotatable bonds is 5. The van der Waals surface area contributed by atoms with Crippen LogP contribution in [0.5, 0.6) is 11.5 Å². The second kappa shape index (κ2) is 9.67. The summed E-state index contributed by atoms with van der Waals surface area (Å²) < 4.78 is 14.5. The zero-order valence-corrected chi connectivity index (χ0v) is 16.3. The van der Waals surface area contributed by atoms with Crippen LogP contribution in [0.2, 0.25) is 0 Å². The average Bonchev–Trinajstić information content (AvgIpc) is 3.02. The summed E-state index contributed by atoms with van der Waals surface area (Å²) in [6.07, 6.45) is 0. The number of benzene rings is 1. The van der Waals surface area contributed by atoms with E-state index in [1.807, 2.05) is 0 Å². The Morgan fingerprint density at radius 3 is 2.15 bits per heavy atom. The molecular weight excluding hydrogens is 356 g/mol. The van der Waals surface area contributed by atoms with Gasteiger partial charge in [0.25, 0.3) is 0 Å². The van der Waals surface area contributed by atoms with E-state index in [-0.39, 0.29) is 17.3 Å². The zero-order chi connectivity index (χ0) is 19.9. The van der Waals surface area contributed by atoms with Crippen molar-refractivity contribution >= 4 is 33.8 Å². The number of ketones is 1. The zero-order valence-electron chi connectivity index (χ0n) is 15.5. The van der Waals surface area contributed by atoms with Crippen molar-refractivity contribution in [2.24, 2.45) is 5.92 Å². The largest absolute Gasteiger partial charge is 0.497 e. The molecule has 0 atom stereocenters. The Hall–Kier alpha value is -2.74. The monoisotopic (exact) mass is 380 g/mol. The van der Waals surface area contributed by atoms with Crippen molar-refractivity contribution in [1.82, 2.24) is 0 Å². The van der Waals surface area contributed by atoms with Crippen molar-refractivity contribution in [3.05, 3.63) is 34.7 Å². The maximum Gasteiger partial charge on any atom is 0.340 e. The number of esters is 1. The van der Waals surface area contributed by atoms with Gasteiger partial charge in [-0.3, -0.25) is 4.79 Å². The summed E-state index contributed by atoms with van der Waals surface area (Å²) in [5, 5.41) is 0.325. The number of ether oxygens (including phenoxy) is 3. The fraction of sp³-hybridized carbons (Fsp3) is 0.333. The molecule has 0 radical (unpaired) electrons. The first-order valence-corrected chi connectivity index (χ1v) is 8.56. The molecule has 2 aromatic rings. The number of nitrogen functional groups attached to an aromatic ring is 2. The maximum absolute atomic E-state index is 11.6. The fourth-order valence-electron chi connectivity index (χ4n) is 1.92. The van der Waals surface area contributed by atoms with Gasteiger partial charge in [0.15, 0.2) is 5.78 Å². The van der Waals surface area contributed by atoms with Crippen molar-refractivity contribution in [2.45, 2.75) is 13.8 Å². The Labute approximate surface area is 156 Å². The smallest absolute Gasteiger partial charge is 0.340 e. The lowest BCUT2D eigenvalue weighted by molar-refractivity contribution is 0.0602. The average molecular weight is 380 g/mol. The van der Waals surface area contributed by atoms with E-state index in [1.54, 1.807) is 46.3 Å². The number of hydrogen-bond acceptors (Lipinski definition) is 8.